The third-order valence-corrected chi connectivity index (χ3v) is 4.46. The van der Waals surface area contributed by atoms with Crippen LogP contribution in [0.5, 0.6) is 0 Å². The fourth-order valence-corrected chi connectivity index (χ4v) is 3.10. The third-order valence-electron chi connectivity index (χ3n) is 4.46. The van der Waals surface area contributed by atoms with E-state index in [9.17, 15) is 9.59 Å². The fraction of sp³-hybridized carbons (Fsp3) is 0.143. The molecular formula is C21H19N5O2. The number of anilines is 1. The highest BCUT2D eigenvalue weighted by molar-refractivity contribution is 6.04. The Morgan fingerprint density at radius 3 is 2.61 bits per heavy atom. The van der Waals surface area contributed by atoms with Gasteiger partial charge >= 0.3 is 0 Å². The van der Waals surface area contributed by atoms with Crippen LogP contribution in [-0.4, -0.2) is 25.5 Å². The normalized spacial score (nSPS) is 10.9. The number of hydrogen-bond donors (Lipinski definition) is 1. The Bertz CT molecular complexity index is 1190. The molecule has 0 atom stereocenters. The van der Waals surface area contributed by atoms with E-state index < -0.39 is 5.91 Å². The smallest absolute Gasteiger partial charge is 0.280 e. The second-order valence-electron chi connectivity index (χ2n) is 6.38. The number of aromatic nitrogens is 4. The van der Waals surface area contributed by atoms with Crippen LogP contribution in [0.4, 0.5) is 5.69 Å². The zero-order valence-electron chi connectivity index (χ0n) is 15.4. The van der Waals surface area contributed by atoms with Crippen molar-refractivity contribution in [2.75, 3.05) is 5.32 Å². The van der Waals surface area contributed by atoms with Gasteiger partial charge in [0.05, 0.1) is 23.9 Å². The summed E-state index contributed by atoms with van der Waals surface area (Å²) >= 11 is 0. The van der Waals surface area contributed by atoms with E-state index in [0.717, 1.165) is 5.56 Å². The van der Waals surface area contributed by atoms with Gasteiger partial charge in [0.25, 0.3) is 5.91 Å². The van der Waals surface area contributed by atoms with Crippen molar-refractivity contribution < 1.29 is 4.79 Å². The highest BCUT2D eigenvalue weighted by Gasteiger charge is 2.17. The van der Waals surface area contributed by atoms with Crippen LogP contribution in [0.3, 0.4) is 0 Å². The number of para-hydroxylation sites is 1. The number of nitrogens with one attached hydrogen (secondary N) is 1. The molecule has 0 saturated carbocycles. The molecule has 0 aliphatic heterocycles. The maximum Gasteiger partial charge on any atom is 0.280 e. The molecule has 0 fully saturated rings. The van der Waals surface area contributed by atoms with Crippen molar-refractivity contribution >= 4 is 22.5 Å². The first-order chi connectivity index (χ1) is 13.7. The summed E-state index contributed by atoms with van der Waals surface area (Å²) < 4.78 is 3.38. The summed E-state index contributed by atoms with van der Waals surface area (Å²) in [6, 6.07) is 17.0. The van der Waals surface area contributed by atoms with E-state index in [1.54, 1.807) is 33.9 Å². The van der Waals surface area contributed by atoms with Gasteiger partial charge in [-0.25, -0.2) is 0 Å². The summed E-state index contributed by atoms with van der Waals surface area (Å²) in [5.41, 5.74) is 1.82. The molecule has 0 spiro atoms. The van der Waals surface area contributed by atoms with Crippen molar-refractivity contribution in [1.82, 2.24) is 19.6 Å². The molecular weight excluding hydrogens is 354 g/mol. The lowest BCUT2D eigenvalue weighted by Crippen LogP contribution is -2.26. The molecule has 0 aliphatic rings. The van der Waals surface area contributed by atoms with Crippen molar-refractivity contribution in [2.45, 2.75) is 20.0 Å². The van der Waals surface area contributed by atoms with Crippen molar-refractivity contribution in [2.24, 2.45) is 0 Å². The highest BCUT2D eigenvalue weighted by atomic mass is 16.2. The Balaban J connectivity index is 1.59. The zero-order valence-corrected chi connectivity index (χ0v) is 15.4. The molecule has 2 aromatic heterocycles. The largest absolute Gasteiger partial charge is 0.318 e. The van der Waals surface area contributed by atoms with Gasteiger partial charge in [0.1, 0.15) is 0 Å². The van der Waals surface area contributed by atoms with Crippen LogP contribution < -0.4 is 10.7 Å². The number of aryl methyl sites for hydroxylation is 1. The monoisotopic (exact) mass is 373 g/mol. The van der Waals surface area contributed by atoms with Crippen molar-refractivity contribution in [3.05, 3.63) is 88.5 Å². The molecule has 7 heteroatoms. The van der Waals surface area contributed by atoms with Gasteiger partial charge in [-0.15, -0.1) is 0 Å². The van der Waals surface area contributed by atoms with Crippen LogP contribution in [0.1, 0.15) is 23.0 Å². The number of amides is 1. The molecule has 28 heavy (non-hydrogen) atoms. The topological polar surface area (TPSA) is 81.8 Å². The average molecular weight is 373 g/mol. The van der Waals surface area contributed by atoms with E-state index in [1.165, 1.54) is 0 Å². The van der Waals surface area contributed by atoms with Crippen molar-refractivity contribution in [1.29, 1.82) is 0 Å². The molecule has 0 unspecified atom stereocenters. The van der Waals surface area contributed by atoms with Crippen LogP contribution in [0, 0.1) is 0 Å². The van der Waals surface area contributed by atoms with Gasteiger partial charge < -0.3 is 5.32 Å². The number of carbonyl (C=O) groups excluding carboxylic acids is 1. The minimum Gasteiger partial charge on any atom is -0.318 e. The maximum atomic E-state index is 12.7. The van der Waals surface area contributed by atoms with Gasteiger partial charge in [-0.3, -0.25) is 19.0 Å². The lowest BCUT2D eigenvalue weighted by molar-refractivity contribution is 0.101. The molecule has 7 nitrogen and oxygen atoms in total. The van der Waals surface area contributed by atoms with Gasteiger partial charge in [0, 0.05) is 18.1 Å². The van der Waals surface area contributed by atoms with Gasteiger partial charge in [-0.1, -0.05) is 42.5 Å². The van der Waals surface area contributed by atoms with Crippen LogP contribution >= 0.6 is 0 Å². The number of carbonyl (C=O) groups is 1. The van der Waals surface area contributed by atoms with Crippen molar-refractivity contribution in [3.63, 3.8) is 0 Å². The van der Waals surface area contributed by atoms with E-state index in [0.29, 0.717) is 29.7 Å². The summed E-state index contributed by atoms with van der Waals surface area (Å²) in [5, 5.41) is 11.7. The lowest BCUT2D eigenvalue weighted by atomic mass is 10.2. The number of hydrogen-bond acceptors (Lipinski definition) is 4. The predicted molar refractivity (Wildman–Crippen MR) is 107 cm³/mol. The zero-order chi connectivity index (χ0) is 19.5. The average Bonchev–Trinajstić information content (AvgIpc) is 3.16. The molecule has 1 amide bonds. The molecule has 2 aromatic carbocycles. The minimum absolute atomic E-state index is 0.128. The van der Waals surface area contributed by atoms with E-state index in [2.05, 4.69) is 15.5 Å². The van der Waals surface area contributed by atoms with Crippen LogP contribution in [-0.2, 0) is 13.1 Å². The second-order valence-corrected chi connectivity index (χ2v) is 6.38. The molecule has 140 valence electrons. The lowest BCUT2D eigenvalue weighted by Gasteiger charge is -2.09. The van der Waals surface area contributed by atoms with E-state index in [1.807, 2.05) is 49.4 Å². The van der Waals surface area contributed by atoms with Crippen LogP contribution in [0.15, 0.2) is 71.8 Å². The van der Waals surface area contributed by atoms with Gasteiger partial charge in [0.15, 0.2) is 5.69 Å². The summed E-state index contributed by atoms with van der Waals surface area (Å²) in [6.45, 7) is 3.06. The van der Waals surface area contributed by atoms with Crippen molar-refractivity contribution in [3.8, 4) is 0 Å². The number of fused-ring (bicyclic) bond motifs is 1. The first-order valence-electron chi connectivity index (χ1n) is 9.03. The molecule has 1 N–H and O–H groups in total. The van der Waals surface area contributed by atoms with Gasteiger partial charge in [-0.05, 0) is 24.6 Å². The summed E-state index contributed by atoms with van der Waals surface area (Å²) in [4.78, 5) is 25.4. The molecule has 0 radical (unpaired) electrons. The number of rotatable bonds is 5. The van der Waals surface area contributed by atoms with E-state index in [4.69, 9.17) is 0 Å². The van der Waals surface area contributed by atoms with Crippen LogP contribution in [0.2, 0.25) is 0 Å². The first kappa shape index (κ1) is 17.7. The number of nitrogens with zero attached hydrogens (tertiary/aromatic N) is 4. The van der Waals surface area contributed by atoms with Gasteiger partial charge in [0.2, 0.25) is 5.43 Å². The van der Waals surface area contributed by atoms with Crippen LogP contribution in [0.25, 0.3) is 10.9 Å². The Labute approximate surface area is 161 Å². The minimum atomic E-state index is -0.544. The van der Waals surface area contributed by atoms with E-state index in [-0.39, 0.29) is 11.1 Å². The summed E-state index contributed by atoms with van der Waals surface area (Å²) in [7, 11) is 0. The predicted octanol–water partition coefficient (Wildman–Crippen LogP) is 2.91. The standard InChI is InChI=1S/C21H19N5O2/c1-2-26-18-11-7-6-10-17(18)20(27)19(24-26)21(28)23-16-12-22-25(14-16)13-15-8-4-3-5-9-15/h3-12,14H,2,13H2,1H3,(H,23,28). The maximum absolute atomic E-state index is 12.7. The first-order valence-corrected chi connectivity index (χ1v) is 9.03. The van der Waals surface area contributed by atoms with E-state index >= 15 is 0 Å². The Kier molecular flexibility index (Phi) is 4.72. The summed E-state index contributed by atoms with van der Waals surface area (Å²) in [5.74, 6) is -0.544. The van der Waals surface area contributed by atoms with Gasteiger partial charge in [-0.2, -0.15) is 10.2 Å². The third kappa shape index (κ3) is 3.42. The number of benzene rings is 2. The fourth-order valence-electron chi connectivity index (χ4n) is 3.10. The molecule has 0 aliphatic carbocycles. The molecule has 0 bridgehead atoms. The SMILES string of the molecule is CCn1nc(C(=O)Nc2cnn(Cc3ccccc3)c2)c(=O)c2ccccc21. The molecule has 2 heterocycles. The quantitative estimate of drug-likeness (QED) is 0.583. The Hall–Kier alpha value is -3.74. The second kappa shape index (κ2) is 7.48. The molecule has 4 aromatic rings. The Morgan fingerprint density at radius 2 is 1.82 bits per heavy atom. The molecule has 0 saturated heterocycles. The summed E-state index contributed by atoms with van der Waals surface area (Å²) in [6.07, 6.45) is 3.28. The highest BCUT2D eigenvalue weighted by Crippen LogP contribution is 2.12. The Morgan fingerprint density at radius 1 is 1.07 bits per heavy atom. The molecule has 4 rings (SSSR count).